The van der Waals surface area contributed by atoms with Crippen molar-refractivity contribution >= 4 is 23.2 Å². The van der Waals surface area contributed by atoms with Crippen LogP contribution < -0.4 is 5.73 Å². The van der Waals surface area contributed by atoms with Crippen LogP contribution in [0.2, 0.25) is 0 Å². The molecule has 200 valence electrons. The zero-order valence-corrected chi connectivity index (χ0v) is 22.7. The molecule has 1 aliphatic rings. The standard InChI is InChI=1S/C23H20FN5OS.C3H8.C2H5NO/c24-17-6-4-15(5-7-17)20-19(22-26-11-14-31-22)21(28-27-20)16-8-12-29(13-9-16)23(30)18-3-1-2-10-25-18;1-3-2;1-2(3)4/h1-7,10-11,14,16H,8-9,12-13H2,(H,27,28);3H2,1-2H3;1H3,(H2,3,4). The van der Waals surface area contributed by atoms with Crippen LogP contribution in [0.15, 0.2) is 60.2 Å². The lowest BCUT2D eigenvalue weighted by Crippen LogP contribution is -2.38. The summed E-state index contributed by atoms with van der Waals surface area (Å²) in [5, 5.41) is 10.6. The number of halogens is 1. The number of piperidine rings is 1. The molecule has 2 amide bonds. The number of nitrogens with one attached hydrogen (secondary N) is 1. The van der Waals surface area contributed by atoms with Gasteiger partial charge in [-0.2, -0.15) is 5.10 Å². The first-order valence-corrected chi connectivity index (χ1v) is 13.4. The number of hydrogen-bond acceptors (Lipinski definition) is 6. The average molecular weight is 537 g/mol. The van der Waals surface area contributed by atoms with Gasteiger partial charge in [0.1, 0.15) is 22.2 Å². The highest BCUT2D eigenvalue weighted by molar-refractivity contribution is 7.13. The van der Waals surface area contributed by atoms with E-state index in [1.807, 2.05) is 16.3 Å². The Kier molecular flexibility index (Phi) is 10.7. The van der Waals surface area contributed by atoms with Crippen LogP contribution in [0.3, 0.4) is 0 Å². The van der Waals surface area contributed by atoms with Crippen LogP contribution in [0.25, 0.3) is 21.8 Å². The number of aromatic amines is 1. The third kappa shape index (κ3) is 7.55. The minimum atomic E-state index is -0.333. The van der Waals surface area contributed by atoms with Gasteiger partial charge in [0, 0.05) is 55.0 Å². The fraction of sp³-hybridized carbons (Fsp3) is 0.321. The Morgan fingerprint density at radius 2 is 1.74 bits per heavy atom. The minimum absolute atomic E-state index is 0.0317. The largest absolute Gasteiger partial charge is 0.370 e. The lowest BCUT2D eigenvalue weighted by molar-refractivity contribution is -0.115. The highest BCUT2D eigenvalue weighted by atomic mass is 32.1. The van der Waals surface area contributed by atoms with Crippen molar-refractivity contribution in [1.82, 2.24) is 25.1 Å². The summed E-state index contributed by atoms with van der Waals surface area (Å²) in [6.45, 7) is 6.87. The van der Waals surface area contributed by atoms with Crippen LogP contribution in [0.5, 0.6) is 0 Å². The zero-order chi connectivity index (χ0) is 27.5. The molecule has 1 fully saturated rings. The van der Waals surface area contributed by atoms with Gasteiger partial charge in [0.2, 0.25) is 5.91 Å². The van der Waals surface area contributed by atoms with Gasteiger partial charge in [0.05, 0.1) is 5.56 Å². The van der Waals surface area contributed by atoms with Gasteiger partial charge in [0.25, 0.3) is 5.91 Å². The van der Waals surface area contributed by atoms with Gasteiger partial charge in [0.15, 0.2) is 0 Å². The Labute approximate surface area is 226 Å². The van der Waals surface area contributed by atoms with E-state index in [0.29, 0.717) is 18.8 Å². The van der Waals surface area contributed by atoms with E-state index < -0.39 is 0 Å². The zero-order valence-electron chi connectivity index (χ0n) is 21.9. The quantitative estimate of drug-likeness (QED) is 0.349. The molecule has 1 aromatic carbocycles. The molecule has 8 nitrogen and oxygen atoms in total. The van der Waals surface area contributed by atoms with E-state index >= 15 is 0 Å². The maximum Gasteiger partial charge on any atom is 0.272 e. The van der Waals surface area contributed by atoms with E-state index in [1.54, 1.807) is 48.0 Å². The molecule has 5 rings (SSSR count). The van der Waals surface area contributed by atoms with Crippen LogP contribution in [0.1, 0.15) is 62.1 Å². The topological polar surface area (TPSA) is 118 Å². The predicted octanol–water partition coefficient (Wildman–Crippen LogP) is 5.66. The van der Waals surface area contributed by atoms with Gasteiger partial charge >= 0.3 is 0 Å². The SMILES string of the molecule is CC(N)=O.CCC.O=C(c1ccccn1)N1CCC(c2[nH]nc(-c3ccc(F)cc3)c2-c2nccs2)CC1. The van der Waals surface area contributed by atoms with Gasteiger partial charge in [-0.1, -0.05) is 26.3 Å². The molecule has 0 radical (unpaired) electrons. The van der Waals surface area contributed by atoms with Crippen molar-refractivity contribution in [3.05, 3.63) is 77.4 Å². The highest BCUT2D eigenvalue weighted by Gasteiger charge is 2.30. The van der Waals surface area contributed by atoms with Crippen molar-refractivity contribution in [2.45, 2.75) is 46.0 Å². The molecule has 0 bridgehead atoms. The maximum absolute atomic E-state index is 13.4. The van der Waals surface area contributed by atoms with Crippen molar-refractivity contribution in [3.8, 4) is 21.8 Å². The number of carbonyl (C=O) groups is 2. The normalized spacial score (nSPS) is 13.1. The summed E-state index contributed by atoms with van der Waals surface area (Å²) in [6.07, 6.45) is 6.31. The summed E-state index contributed by atoms with van der Waals surface area (Å²) >= 11 is 1.56. The molecule has 0 unspecified atom stereocenters. The van der Waals surface area contributed by atoms with Gasteiger partial charge in [-0.15, -0.1) is 11.3 Å². The summed E-state index contributed by atoms with van der Waals surface area (Å²) < 4.78 is 13.4. The summed E-state index contributed by atoms with van der Waals surface area (Å²) in [6, 6.07) is 11.7. The number of primary amides is 1. The smallest absolute Gasteiger partial charge is 0.272 e. The number of amides is 2. The first-order valence-electron chi connectivity index (χ1n) is 12.6. The molecule has 4 aromatic rings. The average Bonchev–Trinajstić information content (AvgIpc) is 3.60. The fourth-order valence-corrected chi connectivity index (χ4v) is 4.75. The molecular formula is C28H33FN6O2S. The van der Waals surface area contributed by atoms with E-state index in [0.717, 1.165) is 40.4 Å². The number of carbonyl (C=O) groups excluding carboxylic acids is 2. The second kappa shape index (κ2) is 14.1. The summed E-state index contributed by atoms with van der Waals surface area (Å²) in [7, 11) is 0. The number of pyridine rings is 1. The third-order valence-electron chi connectivity index (χ3n) is 5.63. The molecule has 3 N–H and O–H groups in total. The maximum atomic E-state index is 13.4. The van der Waals surface area contributed by atoms with E-state index in [-0.39, 0.29) is 23.5 Å². The van der Waals surface area contributed by atoms with Crippen molar-refractivity contribution < 1.29 is 14.0 Å². The number of rotatable bonds is 4. The second-order valence-electron chi connectivity index (χ2n) is 8.80. The van der Waals surface area contributed by atoms with Crippen molar-refractivity contribution in [2.75, 3.05) is 13.1 Å². The third-order valence-corrected chi connectivity index (χ3v) is 6.42. The fourth-order valence-electron chi connectivity index (χ4n) is 4.05. The van der Waals surface area contributed by atoms with Crippen molar-refractivity contribution in [1.29, 1.82) is 0 Å². The number of benzene rings is 1. The summed E-state index contributed by atoms with van der Waals surface area (Å²) in [4.78, 5) is 32.5. The van der Waals surface area contributed by atoms with Crippen LogP contribution in [-0.4, -0.2) is 50.0 Å². The monoisotopic (exact) mass is 536 g/mol. The Balaban J connectivity index is 0.000000515. The van der Waals surface area contributed by atoms with Gasteiger partial charge in [-0.05, 0) is 49.2 Å². The van der Waals surface area contributed by atoms with Crippen molar-refractivity contribution in [2.24, 2.45) is 5.73 Å². The first kappa shape index (κ1) is 28.6. The lowest BCUT2D eigenvalue weighted by Gasteiger charge is -2.31. The molecule has 4 heterocycles. The minimum Gasteiger partial charge on any atom is -0.370 e. The van der Waals surface area contributed by atoms with Gasteiger partial charge in [-0.25, -0.2) is 9.37 Å². The number of nitrogens with two attached hydrogens (primary N) is 1. The molecular weight excluding hydrogens is 503 g/mol. The Morgan fingerprint density at radius 3 is 2.29 bits per heavy atom. The number of aromatic nitrogens is 4. The second-order valence-corrected chi connectivity index (χ2v) is 9.70. The van der Waals surface area contributed by atoms with E-state index in [4.69, 9.17) is 0 Å². The molecule has 0 spiro atoms. The molecule has 3 aromatic heterocycles. The molecule has 0 atom stereocenters. The van der Waals surface area contributed by atoms with E-state index in [2.05, 4.69) is 39.7 Å². The number of hydrogen-bond donors (Lipinski definition) is 2. The van der Waals surface area contributed by atoms with Gasteiger partial charge in [-0.3, -0.25) is 19.7 Å². The first-order chi connectivity index (χ1) is 18.3. The molecule has 38 heavy (non-hydrogen) atoms. The summed E-state index contributed by atoms with van der Waals surface area (Å²) in [5.41, 5.74) is 8.56. The van der Waals surface area contributed by atoms with Gasteiger partial charge < -0.3 is 10.6 Å². The molecule has 0 saturated carbocycles. The Hall–Kier alpha value is -3.92. The van der Waals surface area contributed by atoms with Crippen molar-refractivity contribution in [3.63, 3.8) is 0 Å². The van der Waals surface area contributed by atoms with Crippen LogP contribution in [0.4, 0.5) is 4.39 Å². The number of thiazole rings is 1. The Morgan fingerprint density at radius 1 is 1.08 bits per heavy atom. The van der Waals surface area contributed by atoms with E-state index in [1.165, 1.54) is 25.5 Å². The number of nitrogens with zero attached hydrogens (tertiary/aromatic N) is 4. The number of H-pyrrole nitrogens is 1. The van der Waals surface area contributed by atoms with Crippen LogP contribution in [0, 0.1) is 5.82 Å². The highest BCUT2D eigenvalue weighted by Crippen LogP contribution is 2.40. The molecule has 0 aliphatic carbocycles. The summed E-state index contributed by atoms with van der Waals surface area (Å²) in [5.74, 6) is -0.413. The number of likely N-dealkylation sites (tertiary alicyclic amines) is 1. The van der Waals surface area contributed by atoms with Crippen LogP contribution >= 0.6 is 11.3 Å². The molecule has 1 saturated heterocycles. The lowest BCUT2D eigenvalue weighted by atomic mass is 9.90. The van der Waals surface area contributed by atoms with E-state index in [9.17, 15) is 14.0 Å². The molecule has 10 heteroatoms. The van der Waals surface area contributed by atoms with Crippen LogP contribution in [-0.2, 0) is 4.79 Å². The Bertz CT molecular complexity index is 1280. The molecule has 1 aliphatic heterocycles. The predicted molar refractivity (Wildman–Crippen MR) is 148 cm³/mol.